The summed E-state index contributed by atoms with van der Waals surface area (Å²) in [6.45, 7) is 8.69. The number of amides is 1. The number of methoxy groups -OCH3 is 1. The lowest BCUT2D eigenvalue weighted by Gasteiger charge is -2.33. The first-order valence-corrected chi connectivity index (χ1v) is 13.4. The van der Waals surface area contributed by atoms with E-state index in [1.807, 2.05) is 49.4 Å². The van der Waals surface area contributed by atoms with Crippen LogP contribution in [-0.2, 0) is 22.4 Å². The van der Waals surface area contributed by atoms with E-state index in [1.165, 1.54) is 23.3 Å². The van der Waals surface area contributed by atoms with Gasteiger partial charge in [0, 0.05) is 4.88 Å². The molecule has 1 aliphatic carbocycles. The Kier molecular flexibility index (Phi) is 7.84. The summed E-state index contributed by atoms with van der Waals surface area (Å²) >= 11 is 1.50. The van der Waals surface area contributed by atoms with Crippen LogP contribution in [0.5, 0.6) is 5.75 Å². The van der Waals surface area contributed by atoms with Crippen LogP contribution in [0.25, 0.3) is 11.1 Å². The average molecular weight is 506 g/mol. The highest BCUT2D eigenvalue weighted by atomic mass is 32.1. The number of carbonyl (C=O) groups excluding carboxylic acids is 2. The molecular weight excluding hydrogens is 470 g/mol. The zero-order chi connectivity index (χ0) is 25.9. The van der Waals surface area contributed by atoms with Crippen LogP contribution >= 0.6 is 11.3 Å². The van der Waals surface area contributed by atoms with Crippen LogP contribution in [-0.4, -0.2) is 25.1 Å². The largest absolute Gasteiger partial charge is 0.481 e. The van der Waals surface area contributed by atoms with Crippen molar-refractivity contribution in [1.29, 1.82) is 0 Å². The number of anilines is 1. The van der Waals surface area contributed by atoms with Crippen molar-refractivity contribution in [3.05, 3.63) is 70.6 Å². The quantitative estimate of drug-likeness (QED) is 0.346. The van der Waals surface area contributed by atoms with Gasteiger partial charge in [-0.05, 0) is 65.8 Å². The average Bonchev–Trinajstić information content (AvgIpc) is 3.24. The normalized spacial score (nSPS) is 16.1. The molecule has 0 radical (unpaired) electrons. The van der Waals surface area contributed by atoms with Gasteiger partial charge in [-0.1, -0.05) is 70.2 Å². The van der Waals surface area contributed by atoms with E-state index >= 15 is 0 Å². The number of ether oxygens (including phenoxy) is 2. The molecule has 0 fully saturated rings. The van der Waals surface area contributed by atoms with Gasteiger partial charge >= 0.3 is 5.97 Å². The van der Waals surface area contributed by atoms with E-state index in [4.69, 9.17) is 9.47 Å². The SMILES string of the molecule is CCC(Oc1ccc(-c2ccccc2)cc1)C(=O)Nc1sc2c(c1C(=O)OC)CCC(C(C)(C)C)C2. The zero-order valence-electron chi connectivity index (χ0n) is 21.7. The van der Waals surface area contributed by atoms with E-state index < -0.39 is 12.1 Å². The fourth-order valence-corrected chi connectivity index (χ4v) is 6.09. The summed E-state index contributed by atoms with van der Waals surface area (Å²) in [7, 11) is 1.38. The van der Waals surface area contributed by atoms with Gasteiger partial charge in [0.2, 0.25) is 0 Å². The zero-order valence-corrected chi connectivity index (χ0v) is 22.5. The Hall–Kier alpha value is -3.12. The molecule has 6 heteroatoms. The molecule has 3 aromatic rings. The van der Waals surface area contributed by atoms with Crippen LogP contribution in [0.15, 0.2) is 54.6 Å². The van der Waals surface area contributed by atoms with E-state index in [9.17, 15) is 9.59 Å². The maximum Gasteiger partial charge on any atom is 0.341 e. The number of carbonyl (C=O) groups is 2. The number of nitrogens with one attached hydrogen (secondary N) is 1. The van der Waals surface area contributed by atoms with E-state index in [2.05, 4.69) is 38.2 Å². The van der Waals surface area contributed by atoms with Gasteiger partial charge < -0.3 is 14.8 Å². The minimum Gasteiger partial charge on any atom is -0.481 e. The van der Waals surface area contributed by atoms with Crippen molar-refractivity contribution in [3.8, 4) is 16.9 Å². The lowest BCUT2D eigenvalue weighted by Crippen LogP contribution is -2.32. The van der Waals surface area contributed by atoms with E-state index in [0.29, 0.717) is 28.7 Å². The standard InChI is InChI=1S/C30H35NO4S/c1-6-24(35-22-15-12-20(13-16-22)19-10-8-7-9-11-19)27(32)31-28-26(29(33)34-5)23-17-14-21(30(2,3)4)18-25(23)36-28/h7-13,15-16,21,24H,6,14,17-18H2,1-5H3,(H,31,32). The number of rotatable bonds is 7. The smallest absolute Gasteiger partial charge is 0.341 e. The first-order valence-electron chi connectivity index (χ1n) is 12.6. The third-order valence-electron chi connectivity index (χ3n) is 7.02. The molecule has 1 aromatic heterocycles. The molecule has 2 atom stereocenters. The Morgan fingerprint density at radius 1 is 1.06 bits per heavy atom. The summed E-state index contributed by atoms with van der Waals surface area (Å²) in [5.41, 5.74) is 3.92. The minimum atomic E-state index is -0.681. The van der Waals surface area contributed by atoms with Crippen molar-refractivity contribution < 1.29 is 19.1 Å². The van der Waals surface area contributed by atoms with Crippen molar-refractivity contribution in [2.75, 3.05) is 12.4 Å². The molecule has 1 N–H and O–H groups in total. The Bertz CT molecular complexity index is 1210. The van der Waals surface area contributed by atoms with Gasteiger partial charge in [0.1, 0.15) is 10.8 Å². The summed E-state index contributed by atoms with van der Waals surface area (Å²) in [5.74, 6) is 0.495. The monoisotopic (exact) mass is 505 g/mol. The molecule has 36 heavy (non-hydrogen) atoms. The summed E-state index contributed by atoms with van der Waals surface area (Å²) in [5, 5.41) is 3.56. The molecule has 0 saturated heterocycles. The third-order valence-corrected chi connectivity index (χ3v) is 8.19. The van der Waals surface area contributed by atoms with Crippen LogP contribution in [0.1, 0.15) is 61.3 Å². The number of esters is 1. The highest BCUT2D eigenvalue weighted by molar-refractivity contribution is 7.17. The van der Waals surface area contributed by atoms with Crippen LogP contribution in [0.3, 0.4) is 0 Å². The van der Waals surface area contributed by atoms with Crippen LogP contribution in [0.2, 0.25) is 0 Å². The van der Waals surface area contributed by atoms with E-state index in [1.54, 1.807) is 0 Å². The van der Waals surface area contributed by atoms with Crippen LogP contribution < -0.4 is 10.1 Å². The molecule has 190 valence electrons. The fraction of sp³-hybridized carbons (Fsp3) is 0.400. The minimum absolute atomic E-state index is 0.188. The Labute approximate surface area is 217 Å². The molecule has 0 spiro atoms. The number of hydrogen-bond donors (Lipinski definition) is 1. The van der Waals surface area contributed by atoms with Gasteiger partial charge in [-0.2, -0.15) is 0 Å². The highest BCUT2D eigenvalue weighted by Gasteiger charge is 2.35. The van der Waals surface area contributed by atoms with Crippen molar-refractivity contribution in [2.45, 2.75) is 59.5 Å². The number of benzene rings is 2. The molecule has 1 heterocycles. The highest BCUT2D eigenvalue weighted by Crippen LogP contribution is 2.44. The molecular formula is C30H35NO4S. The molecule has 0 bridgehead atoms. The van der Waals surface area contributed by atoms with Crippen LogP contribution in [0.4, 0.5) is 5.00 Å². The maximum atomic E-state index is 13.3. The fourth-order valence-electron chi connectivity index (χ4n) is 4.77. The predicted octanol–water partition coefficient (Wildman–Crippen LogP) is 7.15. The Morgan fingerprint density at radius 2 is 1.72 bits per heavy atom. The Balaban J connectivity index is 1.51. The lowest BCUT2D eigenvalue weighted by molar-refractivity contribution is -0.122. The van der Waals surface area contributed by atoms with Crippen molar-refractivity contribution in [2.24, 2.45) is 11.3 Å². The lowest BCUT2D eigenvalue weighted by atomic mass is 9.72. The predicted molar refractivity (Wildman–Crippen MR) is 146 cm³/mol. The van der Waals surface area contributed by atoms with Crippen molar-refractivity contribution in [1.82, 2.24) is 0 Å². The van der Waals surface area contributed by atoms with Gasteiger partial charge in [0.25, 0.3) is 5.91 Å². The second-order valence-corrected chi connectivity index (χ2v) is 11.5. The van der Waals surface area contributed by atoms with Crippen molar-refractivity contribution in [3.63, 3.8) is 0 Å². The first-order chi connectivity index (χ1) is 17.2. The van der Waals surface area contributed by atoms with Gasteiger partial charge in [0.15, 0.2) is 6.10 Å². The third kappa shape index (κ3) is 5.65. The molecule has 1 aliphatic rings. The van der Waals surface area contributed by atoms with Gasteiger partial charge in [-0.3, -0.25) is 4.79 Å². The molecule has 0 saturated carbocycles. The summed E-state index contributed by atoms with van der Waals surface area (Å²) in [6.07, 6.45) is 2.56. The second-order valence-electron chi connectivity index (χ2n) is 10.4. The maximum absolute atomic E-state index is 13.3. The number of thiophene rings is 1. The van der Waals surface area contributed by atoms with Crippen LogP contribution in [0, 0.1) is 11.3 Å². The molecule has 0 aliphatic heterocycles. The summed E-state index contributed by atoms with van der Waals surface area (Å²) < 4.78 is 11.1. The summed E-state index contributed by atoms with van der Waals surface area (Å²) in [4.78, 5) is 27.1. The van der Waals surface area contributed by atoms with Gasteiger partial charge in [-0.15, -0.1) is 11.3 Å². The molecule has 2 aromatic carbocycles. The Morgan fingerprint density at radius 3 is 2.33 bits per heavy atom. The molecule has 2 unspecified atom stereocenters. The molecule has 4 rings (SSSR count). The van der Waals surface area contributed by atoms with E-state index in [-0.39, 0.29) is 11.3 Å². The summed E-state index contributed by atoms with van der Waals surface area (Å²) in [6, 6.07) is 17.9. The number of hydrogen-bond acceptors (Lipinski definition) is 5. The van der Waals surface area contributed by atoms with Gasteiger partial charge in [-0.25, -0.2) is 4.79 Å². The first kappa shape index (κ1) is 26.0. The topological polar surface area (TPSA) is 64.6 Å². The molecule has 5 nitrogen and oxygen atoms in total. The number of fused-ring (bicyclic) bond motifs is 1. The van der Waals surface area contributed by atoms with E-state index in [0.717, 1.165) is 36.0 Å². The van der Waals surface area contributed by atoms with Gasteiger partial charge in [0.05, 0.1) is 12.7 Å². The molecule has 1 amide bonds. The van der Waals surface area contributed by atoms with Crippen molar-refractivity contribution >= 4 is 28.2 Å². The second kappa shape index (κ2) is 10.9.